The lowest BCUT2D eigenvalue weighted by atomic mass is 10.1. The zero-order chi connectivity index (χ0) is 16.2. The average molecular weight is 356 g/mol. The Morgan fingerprint density at radius 1 is 1.42 bits per heavy atom. The van der Waals surface area contributed by atoms with Crippen LogP contribution >= 0.6 is 12.4 Å². The van der Waals surface area contributed by atoms with E-state index in [1.165, 1.54) is 0 Å². The van der Waals surface area contributed by atoms with Crippen LogP contribution in [0.4, 0.5) is 0 Å². The quantitative estimate of drug-likeness (QED) is 0.807. The molecule has 7 nitrogen and oxygen atoms in total. The van der Waals surface area contributed by atoms with Crippen molar-refractivity contribution in [2.24, 2.45) is 0 Å². The molecule has 0 saturated carbocycles. The van der Waals surface area contributed by atoms with Gasteiger partial charge in [-0.3, -0.25) is 14.3 Å². The fourth-order valence-corrected chi connectivity index (χ4v) is 3.45. The topological polar surface area (TPSA) is 70.5 Å². The number of hydrogen-bond acceptors (Lipinski definition) is 4. The monoisotopic (exact) mass is 355 g/mol. The number of rotatable bonds is 6. The van der Waals surface area contributed by atoms with Gasteiger partial charge in [0.25, 0.3) is 0 Å². The van der Waals surface area contributed by atoms with E-state index < -0.39 is 0 Å². The van der Waals surface area contributed by atoms with Gasteiger partial charge in [-0.2, -0.15) is 5.10 Å². The molecule has 0 aromatic carbocycles. The van der Waals surface area contributed by atoms with Gasteiger partial charge in [0.15, 0.2) is 0 Å². The molecule has 2 aliphatic rings. The Kier molecular flexibility index (Phi) is 6.62. The largest absolute Gasteiger partial charge is 0.340 e. The molecule has 0 spiro atoms. The number of amides is 2. The summed E-state index contributed by atoms with van der Waals surface area (Å²) in [5.74, 6) is 0.118. The first-order chi connectivity index (χ1) is 11.2. The maximum atomic E-state index is 12.5. The smallest absolute Gasteiger partial charge is 0.242 e. The molecule has 8 heteroatoms. The molecule has 1 aromatic heterocycles. The standard InChI is InChI=1S/C16H25N5O2.ClH/c1-2-19(8-9-21-7-3-6-17-21)16(23)12-20-11-14-5-4-13(18-14)10-15(20)22;/h3,6-7,13-14,18H,2,4-5,8-12H2,1H3;1H/t13-,14+;/m1./s1. The van der Waals surface area contributed by atoms with Crippen molar-refractivity contribution in [3.8, 4) is 0 Å². The molecule has 2 atom stereocenters. The highest BCUT2D eigenvalue weighted by atomic mass is 35.5. The van der Waals surface area contributed by atoms with Crippen LogP contribution in [0.15, 0.2) is 18.5 Å². The molecule has 0 radical (unpaired) electrons. The van der Waals surface area contributed by atoms with E-state index in [1.807, 2.05) is 23.9 Å². The molecule has 2 aliphatic heterocycles. The Labute approximate surface area is 148 Å². The van der Waals surface area contributed by atoms with Crippen molar-refractivity contribution in [1.29, 1.82) is 0 Å². The van der Waals surface area contributed by atoms with E-state index in [0.717, 1.165) is 12.8 Å². The highest BCUT2D eigenvalue weighted by Gasteiger charge is 2.34. The minimum absolute atomic E-state index is 0. The van der Waals surface area contributed by atoms with Crippen molar-refractivity contribution in [3.05, 3.63) is 18.5 Å². The molecule has 2 bridgehead atoms. The summed E-state index contributed by atoms with van der Waals surface area (Å²) in [6, 6.07) is 2.52. The Morgan fingerprint density at radius 2 is 2.21 bits per heavy atom. The van der Waals surface area contributed by atoms with Gasteiger partial charge in [0.1, 0.15) is 0 Å². The van der Waals surface area contributed by atoms with Crippen LogP contribution in [0.5, 0.6) is 0 Å². The molecule has 1 N–H and O–H groups in total. The van der Waals surface area contributed by atoms with Crippen molar-refractivity contribution in [3.63, 3.8) is 0 Å². The Bertz CT molecular complexity index is 551. The normalized spacial score (nSPS) is 22.9. The van der Waals surface area contributed by atoms with Crippen LogP contribution in [0.2, 0.25) is 0 Å². The van der Waals surface area contributed by atoms with E-state index in [-0.39, 0.29) is 30.8 Å². The van der Waals surface area contributed by atoms with Crippen LogP contribution < -0.4 is 5.32 Å². The second-order valence-electron chi connectivity index (χ2n) is 6.36. The van der Waals surface area contributed by atoms with Gasteiger partial charge in [-0.05, 0) is 25.8 Å². The molecule has 2 saturated heterocycles. The number of fused-ring (bicyclic) bond motifs is 2. The summed E-state index contributed by atoms with van der Waals surface area (Å²) in [7, 11) is 0. The van der Waals surface area contributed by atoms with Crippen molar-refractivity contribution < 1.29 is 9.59 Å². The lowest BCUT2D eigenvalue weighted by molar-refractivity contribution is -0.140. The number of nitrogens with one attached hydrogen (secondary N) is 1. The van der Waals surface area contributed by atoms with E-state index in [1.54, 1.807) is 16.0 Å². The first-order valence-electron chi connectivity index (χ1n) is 8.44. The third-order valence-electron chi connectivity index (χ3n) is 4.77. The maximum Gasteiger partial charge on any atom is 0.242 e. The number of carbonyl (C=O) groups excluding carboxylic acids is 2. The minimum Gasteiger partial charge on any atom is -0.340 e. The summed E-state index contributed by atoms with van der Waals surface area (Å²) in [5, 5.41) is 7.63. The van der Waals surface area contributed by atoms with Gasteiger partial charge in [0.2, 0.25) is 11.8 Å². The van der Waals surface area contributed by atoms with Crippen LogP contribution in [0.1, 0.15) is 26.2 Å². The van der Waals surface area contributed by atoms with Crippen LogP contribution in [-0.4, -0.2) is 69.7 Å². The van der Waals surface area contributed by atoms with Gasteiger partial charge >= 0.3 is 0 Å². The number of halogens is 1. The molecular weight excluding hydrogens is 330 g/mol. The van der Waals surface area contributed by atoms with E-state index in [0.29, 0.717) is 44.7 Å². The lowest BCUT2D eigenvalue weighted by Crippen LogP contribution is -2.46. The number of hydrogen-bond donors (Lipinski definition) is 1. The fraction of sp³-hybridized carbons (Fsp3) is 0.688. The third-order valence-corrected chi connectivity index (χ3v) is 4.77. The second kappa shape index (κ2) is 8.48. The molecule has 24 heavy (non-hydrogen) atoms. The fourth-order valence-electron chi connectivity index (χ4n) is 3.45. The van der Waals surface area contributed by atoms with Crippen molar-refractivity contribution in [2.45, 2.75) is 44.8 Å². The Hall–Kier alpha value is -1.60. The molecule has 3 heterocycles. The van der Waals surface area contributed by atoms with E-state index in [9.17, 15) is 9.59 Å². The number of aromatic nitrogens is 2. The SMILES string of the molecule is CCN(CCn1cccn1)C(=O)CN1C[C@@H]2CC[C@H](CC1=O)N2.Cl. The first kappa shape index (κ1) is 18.7. The minimum atomic E-state index is 0. The zero-order valence-electron chi connectivity index (χ0n) is 14.1. The number of nitrogens with zero attached hydrogens (tertiary/aromatic N) is 4. The predicted octanol–water partition coefficient (Wildman–Crippen LogP) is 0.506. The molecule has 0 aliphatic carbocycles. The highest BCUT2D eigenvalue weighted by Crippen LogP contribution is 2.21. The second-order valence-corrected chi connectivity index (χ2v) is 6.36. The van der Waals surface area contributed by atoms with Gasteiger partial charge in [-0.25, -0.2) is 0 Å². The first-order valence-corrected chi connectivity index (χ1v) is 8.44. The molecule has 2 amide bonds. The Balaban J connectivity index is 0.00000208. The zero-order valence-corrected chi connectivity index (χ0v) is 14.9. The van der Waals surface area contributed by atoms with Gasteiger partial charge in [-0.1, -0.05) is 0 Å². The van der Waals surface area contributed by atoms with Crippen LogP contribution in [0.3, 0.4) is 0 Å². The summed E-state index contributed by atoms with van der Waals surface area (Å²) in [6.07, 6.45) is 6.31. The van der Waals surface area contributed by atoms with E-state index >= 15 is 0 Å². The summed E-state index contributed by atoms with van der Waals surface area (Å²) >= 11 is 0. The molecule has 2 fully saturated rings. The highest BCUT2D eigenvalue weighted by molar-refractivity contribution is 5.85. The van der Waals surface area contributed by atoms with Crippen LogP contribution in [0, 0.1) is 0 Å². The average Bonchev–Trinajstić information content (AvgIpc) is 3.16. The number of likely N-dealkylation sites (N-methyl/N-ethyl adjacent to an activating group) is 1. The van der Waals surface area contributed by atoms with Crippen molar-refractivity contribution in [2.75, 3.05) is 26.2 Å². The predicted molar refractivity (Wildman–Crippen MR) is 92.9 cm³/mol. The lowest BCUT2D eigenvalue weighted by Gasteiger charge is -2.28. The summed E-state index contributed by atoms with van der Waals surface area (Å²) < 4.78 is 1.82. The Morgan fingerprint density at radius 3 is 2.92 bits per heavy atom. The van der Waals surface area contributed by atoms with Crippen molar-refractivity contribution >= 4 is 24.2 Å². The maximum absolute atomic E-state index is 12.5. The van der Waals surface area contributed by atoms with E-state index in [4.69, 9.17) is 0 Å². The molecule has 3 rings (SSSR count). The van der Waals surface area contributed by atoms with E-state index in [2.05, 4.69) is 10.4 Å². The molecule has 0 unspecified atom stereocenters. The summed E-state index contributed by atoms with van der Waals surface area (Å²) in [5.41, 5.74) is 0. The van der Waals surface area contributed by atoms with Gasteiger partial charge < -0.3 is 15.1 Å². The van der Waals surface area contributed by atoms with Crippen LogP contribution in [0.25, 0.3) is 0 Å². The van der Waals surface area contributed by atoms with Gasteiger partial charge in [0.05, 0.1) is 13.1 Å². The summed E-state index contributed by atoms with van der Waals surface area (Å²) in [4.78, 5) is 28.4. The van der Waals surface area contributed by atoms with Gasteiger partial charge in [-0.15, -0.1) is 12.4 Å². The molecule has 1 aromatic rings. The summed E-state index contributed by atoms with van der Waals surface area (Å²) in [6.45, 7) is 4.74. The van der Waals surface area contributed by atoms with Gasteiger partial charge in [0, 0.05) is 50.5 Å². The number of carbonyl (C=O) groups is 2. The number of likely N-dealkylation sites (tertiary alicyclic amines) is 1. The third kappa shape index (κ3) is 4.48. The molecular formula is C16H26ClN5O2. The van der Waals surface area contributed by atoms with Crippen molar-refractivity contribution in [1.82, 2.24) is 24.9 Å². The van der Waals surface area contributed by atoms with Crippen LogP contribution in [-0.2, 0) is 16.1 Å². The molecule has 134 valence electrons.